The molecule has 0 saturated heterocycles. The van der Waals surface area contributed by atoms with Gasteiger partial charge in [0.2, 0.25) is 0 Å². The molecular weight excluding hydrogens is 364 g/mol. The molecule has 3 nitrogen and oxygen atoms in total. The summed E-state index contributed by atoms with van der Waals surface area (Å²) in [6, 6.07) is 15.8. The number of likely N-dealkylation sites (N-methyl/N-ethyl adjacent to an activating group) is 1. The van der Waals surface area contributed by atoms with Crippen molar-refractivity contribution < 1.29 is 5.11 Å². The largest absolute Gasteiger partial charge is 0.384 e. The molecule has 0 radical (unpaired) electrons. The van der Waals surface area contributed by atoms with Crippen molar-refractivity contribution in [2.24, 2.45) is 0 Å². The van der Waals surface area contributed by atoms with Crippen molar-refractivity contribution in [2.45, 2.75) is 12.0 Å². The Kier molecular flexibility index (Phi) is 4.81. The van der Waals surface area contributed by atoms with Crippen molar-refractivity contribution in [1.82, 2.24) is 9.88 Å². The van der Waals surface area contributed by atoms with E-state index in [0.29, 0.717) is 5.02 Å². The molecule has 0 bridgehead atoms. The lowest BCUT2D eigenvalue weighted by atomic mass is 9.89. The number of aliphatic hydroxyl groups is 1. The van der Waals surface area contributed by atoms with Crippen molar-refractivity contribution in [1.29, 1.82) is 0 Å². The van der Waals surface area contributed by atoms with Crippen LogP contribution in [0, 0.1) is 0 Å². The van der Waals surface area contributed by atoms with Gasteiger partial charge < -0.3 is 10.0 Å². The molecule has 0 saturated carbocycles. The predicted octanol–water partition coefficient (Wildman–Crippen LogP) is 4.97. The van der Waals surface area contributed by atoms with Gasteiger partial charge in [-0.1, -0.05) is 35.9 Å². The molecule has 1 aromatic carbocycles. The average molecular weight is 383 g/mol. The topological polar surface area (TPSA) is 36.4 Å². The van der Waals surface area contributed by atoms with Crippen molar-refractivity contribution in [2.75, 3.05) is 13.6 Å². The number of thiophene rings is 1. The highest BCUT2D eigenvalue weighted by Crippen LogP contribution is 2.46. The monoisotopic (exact) mass is 382 g/mol. The van der Waals surface area contributed by atoms with E-state index in [-0.39, 0.29) is 5.92 Å². The van der Waals surface area contributed by atoms with Crippen LogP contribution in [-0.2, 0) is 0 Å². The molecule has 0 aliphatic carbocycles. The SMILES string of the molecule is CN1CC(c2cccs2)C(C(O)c2cccnc2)=C1c1cccc(Cl)c1. The van der Waals surface area contributed by atoms with E-state index in [1.54, 1.807) is 23.7 Å². The number of aliphatic hydroxyl groups excluding tert-OH is 1. The molecule has 3 aromatic rings. The van der Waals surface area contributed by atoms with Crippen LogP contribution in [0.3, 0.4) is 0 Å². The highest BCUT2D eigenvalue weighted by molar-refractivity contribution is 7.10. The summed E-state index contributed by atoms with van der Waals surface area (Å²) in [5.41, 5.74) is 3.88. The zero-order chi connectivity index (χ0) is 18.1. The smallest absolute Gasteiger partial charge is 0.105 e. The summed E-state index contributed by atoms with van der Waals surface area (Å²) in [6.45, 7) is 0.828. The van der Waals surface area contributed by atoms with Crippen LogP contribution in [0.15, 0.2) is 71.9 Å². The molecule has 2 unspecified atom stereocenters. The number of nitrogens with zero attached hydrogens (tertiary/aromatic N) is 2. The summed E-state index contributed by atoms with van der Waals surface area (Å²) in [4.78, 5) is 7.65. The van der Waals surface area contributed by atoms with E-state index in [4.69, 9.17) is 11.6 Å². The van der Waals surface area contributed by atoms with Crippen LogP contribution < -0.4 is 0 Å². The van der Waals surface area contributed by atoms with E-state index >= 15 is 0 Å². The molecule has 26 heavy (non-hydrogen) atoms. The molecule has 0 fully saturated rings. The van der Waals surface area contributed by atoms with Gasteiger partial charge in [0.1, 0.15) is 6.10 Å². The number of halogens is 1. The molecule has 2 atom stereocenters. The fourth-order valence-electron chi connectivity index (χ4n) is 3.64. The normalized spacial score (nSPS) is 18.4. The summed E-state index contributed by atoms with van der Waals surface area (Å²) in [7, 11) is 2.07. The van der Waals surface area contributed by atoms with Crippen LogP contribution in [0.1, 0.15) is 28.0 Å². The zero-order valence-corrected chi connectivity index (χ0v) is 15.9. The summed E-state index contributed by atoms with van der Waals surface area (Å²) in [5.74, 6) is 0.143. The lowest BCUT2D eigenvalue weighted by Gasteiger charge is -2.20. The first kappa shape index (κ1) is 17.3. The molecule has 3 heterocycles. The van der Waals surface area contributed by atoms with Crippen LogP contribution in [0.25, 0.3) is 5.70 Å². The van der Waals surface area contributed by atoms with Gasteiger partial charge in [0.25, 0.3) is 0 Å². The maximum Gasteiger partial charge on any atom is 0.105 e. The Hall–Kier alpha value is -2.14. The highest BCUT2D eigenvalue weighted by Gasteiger charge is 2.36. The molecule has 4 rings (SSSR count). The van der Waals surface area contributed by atoms with E-state index in [0.717, 1.165) is 28.9 Å². The van der Waals surface area contributed by atoms with E-state index in [9.17, 15) is 5.11 Å². The van der Waals surface area contributed by atoms with Crippen LogP contribution in [0.4, 0.5) is 0 Å². The van der Waals surface area contributed by atoms with Gasteiger partial charge in [0, 0.05) is 53.1 Å². The van der Waals surface area contributed by atoms with Gasteiger partial charge >= 0.3 is 0 Å². The van der Waals surface area contributed by atoms with Crippen LogP contribution >= 0.6 is 22.9 Å². The zero-order valence-electron chi connectivity index (χ0n) is 14.3. The van der Waals surface area contributed by atoms with Crippen molar-refractivity contribution in [3.8, 4) is 0 Å². The van der Waals surface area contributed by atoms with Crippen molar-refractivity contribution in [3.63, 3.8) is 0 Å². The molecule has 0 spiro atoms. The minimum atomic E-state index is -0.713. The molecule has 1 aliphatic rings. The summed E-state index contributed by atoms with van der Waals surface area (Å²) in [5, 5.41) is 14.0. The van der Waals surface area contributed by atoms with Crippen LogP contribution in [-0.4, -0.2) is 28.6 Å². The first-order chi connectivity index (χ1) is 12.6. The Balaban J connectivity index is 1.89. The summed E-state index contributed by atoms with van der Waals surface area (Å²) >= 11 is 7.96. The van der Waals surface area contributed by atoms with Gasteiger partial charge in [0.05, 0.1) is 0 Å². The van der Waals surface area contributed by atoms with Gasteiger partial charge in [-0.2, -0.15) is 0 Å². The Morgan fingerprint density at radius 3 is 2.81 bits per heavy atom. The standard InChI is InChI=1S/C21H19ClN2OS/c1-24-13-17(18-8-4-10-26-18)19(21(25)15-6-3-9-23-12-15)20(24)14-5-2-7-16(22)11-14/h2-12,17,21,25H,13H2,1H3. The summed E-state index contributed by atoms with van der Waals surface area (Å²) in [6.07, 6.45) is 2.74. The Morgan fingerprint density at radius 1 is 1.23 bits per heavy atom. The average Bonchev–Trinajstić information content (AvgIpc) is 3.29. The second-order valence-corrected chi connectivity index (χ2v) is 7.87. The minimum Gasteiger partial charge on any atom is -0.384 e. The second-order valence-electron chi connectivity index (χ2n) is 6.45. The van der Waals surface area contributed by atoms with Gasteiger partial charge in [-0.25, -0.2) is 0 Å². The van der Waals surface area contributed by atoms with Crippen molar-refractivity contribution in [3.05, 3.63) is 92.9 Å². The number of benzene rings is 1. The number of rotatable bonds is 4. The van der Waals surface area contributed by atoms with E-state index < -0.39 is 6.10 Å². The van der Waals surface area contributed by atoms with Gasteiger partial charge in [0.15, 0.2) is 0 Å². The molecule has 0 amide bonds. The maximum atomic E-state index is 11.3. The minimum absolute atomic E-state index is 0.143. The Morgan fingerprint density at radius 2 is 2.12 bits per heavy atom. The first-order valence-electron chi connectivity index (χ1n) is 8.47. The molecule has 1 N–H and O–H groups in total. The third-order valence-electron chi connectivity index (χ3n) is 4.77. The highest BCUT2D eigenvalue weighted by atomic mass is 35.5. The van der Waals surface area contributed by atoms with Crippen molar-refractivity contribution >= 4 is 28.6 Å². The second kappa shape index (κ2) is 7.23. The number of aromatic nitrogens is 1. The Bertz CT molecular complexity index is 924. The van der Waals surface area contributed by atoms with Crippen LogP contribution in [0.5, 0.6) is 0 Å². The van der Waals surface area contributed by atoms with Gasteiger partial charge in [-0.3, -0.25) is 4.98 Å². The van der Waals surface area contributed by atoms with Gasteiger partial charge in [-0.15, -0.1) is 11.3 Å². The van der Waals surface area contributed by atoms with Gasteiger partial charge in [-0.05, 0) is 40.8 Å². The number of hydrogen-bond acceptors (Lipinski definition) is 4. The fraction of sp³-hybridized carbons (Fsp3) is 0.190. The van der Waals surface area contributed by atoms with Crippen LogP contribution in [0.2, 0.25) is 5.02 Å². The van der Waals surface area contributed by atoms with E-state index in [2.05, 4.69) is 34.4 Å². The molecule has 2 aromatic heterocycles. The summed E-state index contributed by atoms with van der Waals surface area (Å²) < 4.78 is 0. The quantitative estimate of drug-likeness (QED) is 0.692. The maximum absolute atomic E-state index is 11.3. The molecule has 132 valence electrons. The molecule has 5 heteroatoms. The lowest BCUT2D eigenvalue weighted by molar-refractivity contribution is 0.210. The molecule has 1 aliphatic heterocycles. The van der Waals surface area contributed by atoms with E-state index in [1.807, 2.05) is 36.4 Å². The Labute approximate surface area is 162 Å². The third-order valence-corrected chi connectivity index (χ3v) is 5.99. The lowest BCUT2D eigenvalue weighted by Crippen LogP contribution is -2.15. The predicted molar refractivity (Wildman–Crippen MR) is 107 cm³/mol. The van der Waals surface area contributed by atoms with E-state index in [1.165, 1.54) is 4.88 Å². The number of hydrogen-bond donors (Lipinski definition) is 1. The first-order valence-corrected chi connectivity index (χ1v) is 9.73. The molecular formula is C21H19ClN2OS. The number of pyridine rings is 1. The fourth-order valence-corrected chi connectivity index (χ4v) is 4.67. The third kappa shape index (κ3) is 3.16.